The lowest BCUT2D eigenvalue weighted by atomic mass is 10.0. The summed E-state index contributed by atoms with van der Waals surface area (Å²) in [5, 5.41) is 8.95. The molecule has 1 aromatic rings. The normalized spacial score (nSPS) is 12.2. The first-order chi connectivity index (χ1) is 8.51. The van der Waals surface area contributed by atoms with Crippen LogP contribution in [0.15, 0.2) is 29.2 Å². The van der Waals surface area contributed by atoms with Gasteiger partial charge in [0.15, 0.2) is 9.84 Å². The number of hydrogen-bond acceptors (Lipinski definition) is 4. The lowest BCUT2D eigenvalue weighted by Crippen LogP contribution is -2.44. The molecular weight excluding hydrogens is 266 g/mol. The maximum Gasteiger partial charge on any atom is 0.323 e. The predicted molar refractivity (Wildman–Crippen MR) is 74.3 cm³/mol. The molecule has 19 heavy (non-hydrogen) atoms. The van der Waals surface area contributed by atoms with Gasteiger partial charge in [0.25, 0.3) is 0 Å². The summed E-state index contributed by atoms with van der Waals surface area (Å²) in [5.74, 6) is -0.929. The van der Waals surface area contributed by atoms with E-state index in [2.05, 4.69) is 0 Å². The monoisotopic (exact) mass is 285 g/mol. The third kappa shape index (κ3) is 4.24. The summed E-state index contributed by atoms with van der Waals surface area (Å²) in [4.78, 5) is 12.9. The van der Waals surface area contributed by atoms with Crippen molar-refractivity contribution in [2.24, 2.45) is 0 Å². The maximum atomic E-state index is 11.4. The molecule has 0 aliphatic heterocycles. The van der Waals surface area contributed by atoms with Crippen molar-refractivity contribution in [3.63, 3.8) is 0 Å². The molecule has 0 unspecified atom stereocenters. The summed E-state index contributed by atoms with van der Waals surface area (Å²) in [6, 6.07) is 6.24. The Balaban J connectivity index is 3.15. The van der Waals surface area contributed by atoms with Gasteiger partial charge in [-0.05, 0) is 45.0 Å². The van der Waals surface area contributed by atoms with E-state index in [1.807, 2.05) is 20.8 Å². The minimum atomic E-state index is -3.24. The van der Waals surface area contributed by atoms with Gasteiger partial charge >= 0.3 is 5.97 Å². The molecule has 0 fully saturated rings. The van der Waals surface area contributed by atoms with E-state index < -0.39 is 15.8 Å². The molecule has 1 N–H and O–H groups in total. The summed E-state index contributed by atoms with van der Waals surface area (Å²) in [6.45, 7) is 5.57. The second kappa shape index (κ2) is 5.21. The Kier molecular flexibility index (Phi) is 4.25. The number of hydrogen-bond donors (Lipinski definition) is 1. The first kappa shape index (κ1) is 15.5. The SMILES string of the molecule is CC(C)(C)N(CC(=O)O)c1ccc(S(C)(=O)=O)cc1. The highest BCUT2D eigenvalue weighted by molar-refractivity contribution is 7.90. The van der Waals surface area contributed by atoms with Crippen LogP contribution in [-0.2, 0) is 14.6 Å². The van der Waals surface area contributed by atoms with Crippen molar-refractivity contribution < 1.29 is 18.3 Å². The molecule has 0 heterocycles. The number of aliphatic carboxylic acids is 1. The second-order valence-electron chi connectivity index (χ2n) is 5.42. The molecule has 0 aliphatic carbocycles. The summed E-state index contributed by atoms with van der Waals surface area (Å²) < 4.78 is 22.8. The molecule has 106 valence electrons. The zero-order chi connectivity index (χ0) is 14.8. The number of carboxylic acids is 1. The molecule has 6 heteroatoms. The molecule has 1 rings (SSSR count). The highest BCUT2D eigenvalue weighted by Gasteiger charge is 2.24. The summed E-state index contributed by atoms with van der Waals surface area (Å²) >= 11 is 0. The molecule has 0 radical (unpaired) electrons. The van der Waals surface area contributed by atoms with Gasteiger partial charge < -0.3 is 10.0 Å². The molecular formula is C13H19NO4S. The van der Waals surface area contributed by atoms with Crippen molar-refractivity contribution >= 4 is 21.5 Å². The molecule has 0 saturated carbocycles. The molecule has 5 nitrogen and oxygen atoms in total. The van der Waals surface area contributed by atoms with Crippen LogP contribution in [0, 0.1) is 0 Å². The van der Waals surface area contributed by atoms with Gasteiger partial charge in [0.2, 0.25) is 0 Å². The maximum absolute atomic E-state index is 11.4. The minimum absolute atomic E-state index is 0.137. The highest BCUT2D eigenvalue weighted by Crippen LogP contribution is 2.24. The summed E-state index contributed by atoms with van der Waals surface area (Å²) in [6.07, 6.45) is 1.14. The largest absolute Gasteiger partial charge is 0.480 e. The van der Waals surface area contributed by atoms with Gasteiger partial charge in [0.05, 0.1) is 4.90 Å². The van der Waals surface area contributed by atoms with Gasteiger partial charge in [0.1, 0.15) is 6.54 Å². The Hall–Kier alpha value is -1.56. The van der Waals surface area contributed by atoms with Gasteiger partial charge in [-0.25, -0.2) is 8.42 Å². The van der Waals surface area contributed by atoms with Crippen LogP contribution in [0.1, 0.15) is 20.8 Å². The zero-order valence-electron chi connectivity index (χ0n) is 11.5. The minimum Gasteiger partial charge on any atom is -0.480 e. The Labute approximate surface area is 113 Å². The average molecular weight is 285 g/mol. The number of anilines is 1. The van der Waals surface area contributed by atoms with Gasteiger partial charge in [-0.15, -0.1) is 0 Å². The molecule has 0 spiro atoms. The summed E-state index contributed by atoms with van der Waals surface area (Å²) in [7, 11) is -3.24. The van der Waals surface area contributed by atoms with E-state index in [4.69, 9.17) is 5.11 Å². The van der Waals surface area contributed by atoms with E-state index in [0.717, 1.165) is 6.26 Å². The van der Waals surface area contributed by atoms with Gasteiger partial charge in [-0.1, -0.05) is 0 Å². The average Bonchev–Trinajstić information content (AvgIpc) is 2.23. The third-order valence-corrected chi connectivity index (χ3v) is 3.81. The van der Waals surface area contributed by atoms with Gasteiger partial charge in [-0.2, -0.15) is 0 Å². The number of rotatable bonds is 4. The molecule has 0 aliphatic rings. The smallest absolute Gasteiger partial charge is 0.323 e. The van der Waals surface area contributed by atoms with Crippen molar-refractivity contribution in [2.45, 2.75) is 31.2 Å². The van der Waals surface area contributed by atoms with E-state index in [-0.39, 0.29) is 17.0 Å². The first-order valence-electron chi connectivity index (χ1n) is 5.81. The second-order valence-corrected chi connectivity index (χ2v) is 7.43. The van der Waals surface area contributed by atoms with Crippen molar-refractivity contribution in [2.75, 3.05) is 17.7 Å². The third-order valence-electron chi connectivity index (χ3n) is 2.68. The molecule has 0 atom stereocenters. The Morgan fingerprint density at radius 1 is 1.21 bits per heavy atom. The highest BCUT2D eigenvalue weighted by atomic mass is 32.2. The van der Waals surface area contributed by atoms with Crippen molar-refractivity contribution in [1.29, 1.82) is 0 Å². The van der Waals surface area contributed by atoms with E-state index in [1.165, 1.54) is 12.1 Å². The van der Waals surface area contributed by atoms with E-state index in [0.29, 0.717) is 5.69 Å². The molecule has 0 aromatic heterocycles. The fraction of sp³-hybridized carbons (Fsp3) is 0.462. The Morgan fingerprint density at radius 3 is 2.00 bits per heavy atom. The van der Waals surface area contributed by atoms with E-state index in [9.17, 15) is 13.2 Å². The molecule has 0 saturated heterocycles. The zero-order valence-corrected chi connectivity index (χ0v) is 12.4. The van der Waals surface area contributed by atoms with E-state index in [1.54, 1.807) is 17.0 Å². The van der Waals surface area contributed by atoms with Crippen LogP contribution in [0.5, 0.6) is 0 Å². The van der Waals surface area contributed by atoms with Crippen LogP contribution in [-0.4, -0.2) is 37.8 Å². The van der Waals surface area contributed by atoms with Crippen LogP contribution in [0.4, 0.5) is 5.69 Å². The van der Waals surface area contributed by atoms with Gasteiger partial charge in [0, 0.05) is 17.5 Å². The van der Waals surface area contributed by atoms with E-state index >= 15 is 0 Å². The lowest BCUT2D eigenvalue weighted by Gasteiger charge is -2.36. The first-order valence-corrected chi connectivity index (χ1v) is 7.70. The van der Waals surface area contributed by atoms with Crippen molar-refractivity contribution in [1.82, 2.24) is 0 Å². The predicted octanol–water partition coefficient (Wildman–Crippen LogP) is 1.78. The Morgan fingerprint density at radius 2 is 1.68 bits per heavy atom. The topological polar surface area (TPSA) is 74.7 Å². The Bertz CT molecular complexity index is 555. The standard InChI is InChI=1S/C13H19NO4S/c1-13(2,3)14(9-12(15)16)10-5-7-11(8-6-10)19(4,17)18/h5-8H,9H2,1-4H3,(H,15,16). The lowest BCUT2D eigenvalue weighted by molar-refractivity contribution is -0.135. The number of benzene rings is 1. The molecule has 1 aromatic carbocycles. The quantitative estimate of drug-likeness (QED) is 0.912. The van der Waals surface area contributed by atoms with Crippen LogP contribution in [0.2, 0.25) is 0 Å². The van der Waals surface area contributed by atoms with Crippen LogP contribution < -0.4 is 4.90 Å². The molecule has 0 bridgehead atoms. The van der Waals surface area contributed by atoms with Crippen molar-refractivity contribution in [3.8, 4) is 0 Å². The number of sulfone groups is 1. The number of nitrogens with zero attached hydrogens (tertiary/aromatic N) is 1. The van der Waals surface area contributed by atoms with Crippen LogP contribution in [0.25, 0.3) is 0 Å². The van der Waals surface area contributed by atoms with Crippen LogP contribution >= 0.6 is 0 Å². The molecule has 0 amide bonds. The number of carbonyl (C=O) groups is 1. The van der Waals surface area contributed by atoms with Gasteiger partial charge in [-0.3, -0.25) is 4.79 Å². The number of carboxylic acid groups (broad SMARTS) is 1. The fourth-order valence-corrected chi connectivity index (χ4v) is 2.35. The van der Waals surface area contributed by atoms with Crippen LogP contribution in [0.3, 0.4) is 0 Å². The summed E-state index contributed by atoms with van der Waals surface area (Å²) in [5.41, 5.74) is 0.313. The van der Waals surface area contributed by atoms with Crippen molar-refractivity contribution in [3.05, 3.63) is 24.3 Å². The fourth-order valence-electron chi connectivity index (χ4n) is 1.72.